The van der Waals surface area contributed by atoms with Crippen LogP contribution in [0.5, 0.6) is 0 Å². The second kappa shape index (κ2) is 16.7. The van der Waals surface area contributed by atoms with Crippen LogP contribution in [-0.2, 0) is 0 Å². The maximum atomic E-state index is 2.41. The van der Waals surface area contributed by atoms with E-state index in [0.717, 1.165) is 22.6 Å². The first-order valence-electron chi connectivity index (χ1n) is 21.7. The zero-order valence-electron chi connectivity index (χ0n) is 34.8. The summed E-state index contributed by atoms with van der Waals surface area (Å²) < 4.78 is 0. The van der Waals surface area contributed by atoms with Crippen LogP contribution in [0.2, 0.25) is 0 Å². The molecular weight excluding hydrogens is 759 g/mol. The van der Waals surface area contributed by atoms with E-state index in [9.17, 15) is 0 Å². The number of anilines is 3. The third kappa shape index (κ3) is 7.37. The molecule has 0 atom stereocenters. The van der Waals surface area contributed by atoms with Crippen LogP contribution in [0.4, 0.5) is 17.1 Å². The summed E-state index contributed by atoms with van der Waals surface area (Å²) in [5, 5.41) is 4.92. The lowest BCUT2D eigenvalue weighted by atomic mass is 9.84. The van der Waals surface area contributed by atoms with Gasteiger partial charge < -0.3 is 4.90 Å². The van der Waals surface area contributed by atoms with Gasteiger partial charge in [0.15, 0.2) is 0 Å². The van der Waals surface area contributed by atoms with E-state index in [1.54, 1.807) is 0 Å². The van der Waals surface area contributed by atoms with Gasteiger partial charge in [0.1, 0.15) is 0 Å². The van der Waals surface area contributed by atoms with Gasteiger partial charge in [0.25, 0.3) is 0 Å². The van der Waals surface area contributed by atoms with Crippen LogP contribution in [0.15, 0.2) is 261 Å². The molecule has 0 aliphatic rings. The Hall–Kier alpha value is -8.26. The molecule has 0 unspecified atom stereocenters. The van der Waals surface area contributed by atoms with Crippen molar-refractivity contribution in [2.75, 3.05) is 4.90 Å². The second-order valence-corrected chi connectivity index (χ2v) is 16.1. The van der Waals surface area contributed by atoms with E-state index in [4.69, 9.17) is 0 Å². The highest BCUT2D eigenvalue weighted by Crippen LogP contribution is 2.46. The minimum absolute atomic E-state index is 1.09. The molecule has 0 N–H and O–H groups in total. The van der Waals surface area contributed by atoms with Gasteiger partial charge in [-0.2, -0.15) is 0 Å². The van der Waals surface area contributed by atoms with E-state index in [0.29, 0.717) is 0 Å². The topological polar surface area (TPSA) is 3.24 Å². The average molecular weight is 802 g/mol. The van der Waals surface area contributed by atoms with Crippen molar-refractivity contribution in [1.82, 2.24) is 0 Å². The molecule has 0 radical (unpaired) electrons. The zero-order valence-corrected chi connectivity index (χ0v) is 34.8. The highest BCUT2D eigenvalue weighted by molar-refractivity contribution is 6.14. The number of fused-ring (bicyclic) bond motifs is 3. The third-order valence-corrected chi connectivity index (χ3v) is 12.2. The molecule has 63 heavy (non-hydrogen) atoms. The van der Waals surface area contributed by atoms with Crippen LogP contribution < -0.4 is 4.90 Å². The highest BCUT2D eigenvalue weighted by Gasteiger charge is 2.20. The van der Waals surface area contributed by atoms with Crippen LogP contribution in [-0.4, -0.2) is 0 Å². The first-order chi connectivity index (χ1) is 31.2. The number of benzene rings is 11. The molecule has 1 heteroatoms. The van der Waals surface area contributed by atoms with E-state index in [1.165, 1.54) is 82.7 Å². The molecule has 1 nitrogen and oxygen atoms in total. The summed E-state index contributed by atoms with van der Waals surface area (Å²) in [5.41, 5.74) is 17.7. The SMILES string of the molecule is c1ccc(-c2ccc(N(c3ccc(-c4cccc(-c5c(-c6ccccc6)cc(-c6ccccc6)cc5-c5ccccc5)c4)cc3)c3cc4ccccc4c4ccccc34)cc2)cc1. The van der Waals surface area contributed by atoms with Crippen molar-refractivity contribution in [1.29, 1.82) is 0 Å². The lowest BCUT2D eigenvalue weighted by Crippen LogP contribution is -2.10. The molecule has 0 aromatic heterocycles. The Balaban J connectivity index is 1.04. The molecule has 11 aromatic rings. The van der Waals surface area contributed by atoms with Gasteiger partial charge in [-0.1, -0.05) is 212 Å². The average Bonchev–Trinajstić information content (AvgIpc) is 3.37. The Bertz CT molecular complexity index is 3280. The zero-order chi connectivity index (χ0) is 42.0. The minimum atomic E-state index is 1.09. The van der Waals surface area contributed by atoms with Crippen molar-refractivity contribution in [2.45, 2.75) is 0 Å². The molecule has 0 saturated heterocycles. The van der Waals surface area contributed by atoms with Crippen molar-refractivity contribution >= 4 is 38.6 Å². The number of hydrogen-bond donors (Lipinski definition) is 0. The van der Waals surface area contributed by atoms with Gasteiger partial charge in [-0.05, 0) is 131 Å². The van der Waals surface area contributed by atoms with Gasteiger partial charge >= 0.3 is 0 Å². The lowest BCUT2D eigenvalue weighted by Gasteiger charge is -2.28. The molecule has 0 saturated carbocycles. The second-order valence-electron chi connectivity index (χ2n) is 16.1. The van der Waals surface area contributed by atoms with Crippen molar-refractivity contribution in [2.24, 2.45) is 0 Å². The molecule has 0 heterocycles. The smallest absolute Gasteiger partial charge is 0.0546 e. The lowest BCUT2D eigenvalue weighted by molar-refractivity contribution is 1.30. The molecule has 0 aliphatic heterocycles. The predicted molar refractivity (Wildman–Crippen MR) is 269 cm³/mol. The van der Waals surface area contributed by atoms with Gasteiger partial charge in [0.2, 0.25) is 0 Å². The Kier molecular flexibility index (Phi) is 9.97. The molecule has 11 aromatic carbocycles. The molecule has 0 amide bonds. The fourth-order valence-electron chi connectivity index (χ4n) is 9.18. The summed E-state index contributed by atoms with van der Waals surface area (Å²) in [4.78, 5) is 2.41. The Labute approximate surface area is 369 Å². The number of hydrogen-bond acceptors (Lipinski definition) is 1. The van der Waals surface area contributed by atoms with Crippen LogP contribution in [0.1, 0.15) is 0 Å². The first-order valence-corrected chi connectivity index (χ1v) is 21.7. The molecule has 0 bridgehead atoms. The van der Waals surface area contributed by atoms with E-state index >= 15 is 0 Å². The summed E-state index contributed by atoms with van der Waals surface area (Å²) in [5.74, 6) is 0. The van der Waals surface area contributed by atoms with Crippen molar-refractivity contribution < 1.29 is 0 Å². The monoisotopic (exact) mass is 801 g/mol. The molecular formula is C62H43N. The van der Waals surface area contributed by atoms with Crippen molar-refractivity contribution in [3.63, 3.8) is 0 Å². The van der Waals surface area contributed by atoms with E-state index in [2.05, 4.69) is 266 Å². The molecule has 11 rings (SSSR count). The van der Waals surface area contributed by atoms with E-state index in [-0.39, 0.29) is 0 Å². The molecule has 296 valence electrons. The Morgan fingerprint density at radius 1 is 0.222 bits per heavy atom. The first kappa shape index (κ1) is 37.7. The highest BCUT2D eigenvalue weighted by atomic mass is 15.1. The Morgan fingerprint density at radius 3 is 1.17 bits per heavy atom. The van der Waals surface area contributed by atoms with Crippen LogP contribution >= 0.6 is 0 Å². The van der Waals surface area contributed by atoms with Crippen molar-refractivity contribution in [3.05, 3.63) is 261 Å². The van der Waals surface area contributed by atoms with E-state index in [1.807, 2.05) is 0 Å². The summed E-state index contributed by atoms with van der Waals surface area (Å²) in [7, 11) is 0. The summed E-state index contributed by atoms with van der Waals surface area (Å²) in [6.45, 7) is 0. The van der Waals surface area contributed by atoms with Gasteiger partial charge in [0.05, 0.1) is 5.69 Å². The van der Waals surface area contributed by atoms with Crippen LogP contribution in [0.25, 0.3) is 88.3 Å². The maximum Gasteiger partial charge on any atom is 0.0546 e. The normalized spacial score (nSPS) is 11.2. The summed E-state index contributed by atoms with van der Waals surface area (Å²) in [6, 6.07) is 94.7. The standard InChI is InChI=1S/C62H43N/c1-5-18-44(19-6-1)46-32-36-54(37-33-46)63(61-43-51-26-13-14-29-56(51)57-30-15-16-31-58(57)61)55-38-34-47(35-39-55)50-27-17-28-52(40-50)62-59(48-22-9-3-10-23-48)41-53(45-20-7-2-8-21-45)42-60(62)49-24-11-4-12-25-49/h1-43H. The molecule has 0 aliphatic carbocycles. The van der Waals surface area contributed by atoms with Crippen LogP contribution in [0.3, 0.4) is 0 Å². The minimum Gasteiger partial charge on any atom is -0.310 e. The fourth-order valence-corrected chi connectivity index (χ4v) is 9.18. The van der Waals surface area contributed by atoms with E-state index < -0.39 is 0 Å². The van der Waals surface area contributed by atoms with Gasteiger partial charge in [-0.3, -0.25) is 0 Å². The van der Waals surface area contributed by atoms with Crippen molar-refractivity contribution in [3.8, 4) is 66.8 Å². The van der Waals surface area contributed by atoms with Gasteiger partial charge in [0, 0.05) is 16.8 Å². The predicted octanol–water partition coefficient (Wildman–Crippen LogP) is 17.5. The Morgan fingerprint density at radius 2 is 0.619 bits per heavy atom. The van der Waals surface area contributed by atoms with Gasteiger partial charge in [-0.25, -0.2) is 0 Å². The largest absolute Gasteiger partial charge is 0.310 e. The fraction of sp³-hybridized carbons (Fsp3) is 0. The summed E-state index contributed by atoms with van der Waals surface area (Å²) >= 11 is 0. The van der Waals surface area contributed by atoms with Crippen LogP contribution in [0, 0.1) is 0 Å². The summed E-state index contributed by atoms with van der Waals surface area (Å²) in [6.07, 6.45) is 0. The third-order valence-electron chi connectivity index (χ3n) is 12.2. The maximum absolute atomic E-state index is 2.41. The van der Waals surface area contributed by atoms with Gasteiger partial charge in [-0.15, -0.1) is 0 Å². The molecule has 0 spiro atoms. The number of nitrogens with zero attached hydrogens (tertiary/aromatic N) is 1. The molecule has 0 fully saturated rings. The quantitative estimate of drug-likeness (QED) is 0.131. The number of rotatable bonds is 9.